The van der Waals surface area contributed by atoms with Gasteiger partial charge < -0.3 is 15.4 Å². The van der Waals surface area contributed by atoms with Crippen LogP contribution in [-0.2, 0) is 0 Å². The number of nitrogens with zero attached hydrogens (tertiary/aromatic N) is 2. The van der Waals surface area contributed by atoms with Gasteiger partial charge in [-0.1, -0.05) is 35.9 Å². The number of hydrogen-bond donors (Lipinski definition) is 2. The first-order valence-electron chi connectivity index (χ1n) is 7.42. The molecule has 0 aliphatic carbocycles. The van der Waals surface area contributed by atoms with Crippen LogP contribution < -0.4 is 15.4 Å². The van der Waals surface area contributed by atoms with Crippen LogP contribution in [0.2, 0.25) is 5.02 Å². The van der Waals surface area contributed by atoms with Gasteiger partial charge in [-0.15, -0.1) is 0 Å². The summed E-state index contributed by atoms with van der Waals surface area (Å²) in [6.45, 7) is 1.99. The van der Waals surface area contributed by atoms with Crippen molar-refractivity contribution in [2.24, 2.45) is 0 Å². The zero-order valence-corrected chi connectivity index (χ0v) is 14.1. The van der Waals surface area contributed by atoms with Crippen molar-refractivity contribution in [3.05, 3.63) is 65.3 Å². The maximum atomic E-state index is 6.18. The van der Waals surface area contributed by atoms with E-state index >= 15 is 0 Å². The number of para-hydroxylation sites is 1. The normalized spacial score (nSPS) is 10.3. The fraction of sp³-hybridized carbons (Fsp3) is 0.111. The Labute approximate surface area is 145 Å². The van der Waals surface area contributed by atoms with Crippen molar-refractivity contribution < 1.29 is 4.74 Å². The Morgan fingerprint density at radius 1 is 1.00 bits per heavy atom. The van der Waals surface area contributed by atoms with E-state index in [2.05, 4.69) is 20.6 Å². The molecule has 2 N–H and O–H groups in total. The summed E-state index contributed by atoms with van der Waals surface area (Å²) < 4.78 is 5.33. The SMILES string of the molecule is COc1cc(Nc2ncc(Cl)c(Nc3ccccc3)n2)ccc1C. The van der Waals surface area contributed by atoms with E-state index in [0.717, 1.165) is 22.7 Å². The molecule has 0 aliphatic heterocycles. The number of halogens is 1. The second-order valence-corrected chi connectivity index (χ2v) is 5.60. The van der Waals surface area contributed by atoms with Crippen molar-refractivity contribution in [3.63, 3.8) is 0 Å². The van der Waals surface area contributed by atoms with E-state index in [0.29, 0.717) is 16.8 Å². The summed E-state index contributed by atoms with van der Waals surface area (Å²) in [5, 5.41) is 6.79. The van der Waals surface area contributed by atoms with E-state index in [-0.39, 0.29) is 0 Å². The fourth-order valence-electron chi connectivity index (χ4n) is 2.20. The smallest absolute Gasteiger partial charge is 0.229 e. The van der Waals surface area contributed by atoms with Crippen LogP contribution in [0.5, 0.6) is 5.75 Å². The Morgan fingerprint density at radius 3 is 2.54 bits per heavy atom. The third kappa shape index (κ3) is 3.75. The highest BCUT2D eigenvalue weighted by molar-refractivity contribution is 6.32. The minimum Gasteiger partial charge on any atom is -0.496 e. The maximum absolute atomic E-state index is 6.18. The van der Waals surface area contributed by atoms with Crippen LogP contribution in [-0.4, -0.2) is 17.1 Å². The van der Waals surface area contributed by atoms with Gasteiger partial charge in [0.25, 0.3) is 0 Å². The van der Waals surface area contributed by atoms with Gasteiger partial charge in [-0.05, 0) is 30.7 Å². The molecule has 0 radical (unpaired) electrons. The first-order chi connectivity index (χ1) is 11.7. The quantitative estimate of drug-likeness (QED) is 0.689. The Bertz CT molecular complexity index is 840. The minimum atomic E-state index is 0.448. The average molecular weight is 341 g/mol. The van der Waals surface area contributed by atoms with E-state index in [1.807, 2.05) is 55.5 Å². The van der Waals surface area contributed by atoms with Crippen molar-refractivity contribution in [1.29, 1.82) is 0 Å². The molecule has 0 bridgehead atoms. The Kier molecular flexibility index (Phi) is 4.82. The van der Waals surface area contributed by atoms with Crippen molar-refractivity contribution >= 4 is 34.7 Å². The molecule has 24 heavy (non-hydrogen) atoms. The molecule has 2 aromatic carbocycles. The number of benzene rings is 2. The molecule has 3 rings (SSSR count). The highest BCUT2D eigenvalue weighted by Gasteiger charge is 2.07. The standard InChI is InChI=1S/C18H17ClN4O/c1-12-8-9-14(10-16(12)24-2)22-18-20-11-15(19)17(23-18)21-13-6-4-3-5-7-13/h3-11H,1-2H3,(H2,20,21,22,23). The number of anilines is 4. The summed E-state index contributed by atoms with van der Waals surface area (Å²) in [6.07, 6.45) is 1.56. The van der Waals surface area contributed by atoms with Gasteiger partial charge >= 0.3 is 0 Å². The highest BCUT2D eigenvalue weighted by atomic mass is 35.5. The van der Waals surface area contributed by atoms with Crippen LogP contribution in [0.1, 0.15) is 5.56 Å². The van der Waals surface area contributed by atoms with Gasteiger partial charge in [-0.2, -0.15) is 4.98 Å². The molecule has 0 amide bonds. The molecule has 0 spiro atoms. The molecule has 0 saturated heterocycles. The van der Waals surface area contributed by atoms with Gasteiger partial charge in [0.15, 0.2) is 5.82 Å². The number of rotatable bonds is 5. The van der Waals surface area contributed by atoms with Gasteiger partial charge in [0, 0.05) is 17.4 Å². The highest BCUT2D eigenvalue weighted by Crippen LogP contribution is 2.27. The molecule has 3 aromatic rings. The van der Waals surface area contributed by atoms with Gasteiger partial charge in [0.1, 0.15) is 10.8 Å². The number of ether oxygens (including phenoxy) is 1. The number of aryl methyl sites for hydroxylation is 1. The van der Waals surface area contributed by atoms with Crippen LogP contribution in [0, 0.1) is 6.92 Å². The molecule has 0 unspecified atom stereocenters. The lowest BCUT2D eigenvalue weighted by Gasteiger charge is -2.11. The Hall–Kier alpha value is -2.79. The van der Waals surface area contributed by atoms with Crippen LogP contribution in [0.3, 0.4) is 0 Å². The predicted octanol–water partition coefficient (Wildman–Crippen LogP) is 4.93. The van der Waals surface area contributed by atoms with E-state index in [1.54, 1.807) is 13.3 Å². The van der Waals surface area contributed by atoms with Crippen LogP contribution in [0.4, 0.5) is 23.1 Å². The molecule has 0 aliphatic rings. The molecule has 1 heterocycles. The third-order valence-electron chi connectivity index (χ3n) is 3.44. The van der Waals surface area contributed by atoms with Crippen LogP contribution in [0.25, 0.3) is 0 Å². The topological polar surface area (TPSA) is 59.1 Å². The number of aromatic nitrogens is 2. The van der Waals surface area contributed by atoms with Gasteiger partial charge in [0.05, 0.1) is 13.3 Å². The summed E-state index contributed by atoms with van der Waals surface area (Å²) >= 11 is 6.18. The Morgan fingerprint density at radius 2 is 1.79 bits per heavy atom. The lowest BCUT2D eigenvalue weighted by atomic mass is 10.2. The number of nitrogens with one attached hydrogen (secondary N) is 2. The Balaban J connectivity index is 1.83. The van der Waals surface area contributed by atoms with Crippen molar-refractivity contribution in [2.45, 2.75) is 6.92 Å². The molecular formula is C18H17ClN4O. The lowest BCUT2D eigenvalue weighted by molar-refractivity contribution is 0.412. The summed E-state index contributed by atoms with van der Waals surface area (Å²) in [5.41, 5.74) is 2.80. The largest absolute Gasteiger partial charge is 0.496 e. The maximum Gasteiger partial charge on any atom is 0.229 e. The second kappa shape index (κ2) is 7.19. The summed E-state index contributed by atoms with van der Waals surface area (Å²) in [5.74, 6) is 1.79. The monoisotopic (exact) mass is 340 g/mol. The molecule has 6 heteroatoms. The molecular weight excluding hydrogens is 324 g/mol. The minimum absolute atomic E-state index is 0.448. The summed E-state index contributed by atoms with van der Waals surface area (Å²) in [6, 6.07) is 15.5. The molecule has 0 saturated carbocycles. The fourth-order valence-corrected chi connectivity index (χ4v) is 2.34. The van der Waals surface area contributed by atoms with Crippen molar-refractivity contribution in [1.82, 2.24) is 9.97 Å². The third-order valence-corrected chi connectivity index (χ3v) is 3.72. The van der Waals surface area contributed by atoms with E-state index in [9.17, 15) is 0 Å². The van der Waals surface area contributed by atoms with Gasteiger partial charge in [0.2, 0.25) is 5.95 Å². The van der Waals surface area contributed by atoms with E-state index < -0.39 is 0 Å². The summed E-state index contributed by atoms with van der Waals surface area (Å²) in [4.78, 5) is 8.65. The number of methoxy groups -OCH3 is 1. The van der Waals surface area contributed by atoms with E-state index in [4.69, 9.17) is 16.3 Å². The molecule has 0 atom stereocenters. The first-order valence-corrected chi connectivity index (χ1v) is 7.80. The van der Waals surface area contributed by atoms with Crippen molar-refractivity contribution in [2.75, 3.05) is 17.7 Å². The molecule has 122 valence electrons. The zero-order chi connectivity index (χ0) is 16.9. The summed E-state index contributed by atoms with van der Waals surface area (Å²) in [7, 11) is 1.65. The van der Waals surface area contributed by atoms with Gasteiger partial charge in [-0.25, -0.2) is 4.98 Å². The molecule has 5 nitrogen and oxygen atoms in total. The first kappa shape index (κ1) is 16.1. The van der Waals surface area contributed by atoms with Crippen LogP contribution in [0.15, 0.2) is 54.7 Å². The molecule has 0 fully saturated rings. The lowest BCUT2D eigenvalue weighted by Crippen LogP contribution is -2.01. The predicted molar refractivity (Wildman–Crippen MR) is 97.8 cm³/mol. The van der Waals surface area contributed by atoms with Crippen molar-refractivity contribution in [3.8, 4) is 5.75 Å². The number of hydrogen-bond acceptors (Lipinski definition) is 5. The van der Waals surface area contributed by atoms with E-state index in [1.165, 1.54) is 0 Å². The molecule has 1 aromatic heterocycles. The van der Waals surface area contributed by atoms with Crippen LogP contribution >= 0.6 is 11.6 Å². The second-order valence-electron chi connectivity index (χ2n) is 5.19. The zero-order valence-electron chi connectivity index (χ0n) is 13.4. The average Bonchev–Trinajstić information content (AvgIpc) is 2.60. The van der Waals surface area contributed by atoms with Gasteiger partial charge in [-0.3, -0.25) is 0 Å².